The third-order valence-electron chi connectivity index (χ3n) is 2.72. The molecule has 4 nitrogen and oxygen atoms in total. The van der Waals surface area contributed by atoms with Crippen LogP contribution in [0.2, 0.25) is 0 Å². The van der Waals surface area contributed by atoms with Gasteiger partial charge in [-0.2, -0.15) is 0 Å². The van der Waals surface area contributed by atoms with Gasteiger partial charge in [0.1, 0.15) is 0 Å². The van der Waals surface area contributed by atoms with Crippen LogP contribution >= 0.6 is 0 Å². The van der Waals surface area contributed by atoms with Crippen LogP contribution in [0.5, 0.6) is 0 Å². The number of aliphatic hydroxyl groups excluding tert-OH is 1. The van der Waals surface area contributed by atoms with Gasteiger partial charge in [-0.3, -0.25) is 9.78 Å². The number of pyridine rings is 1. The van der Waals surface area contributed by atoms with Crippen LogP contribution in [0.25, 0.3) is 0 Å². The van der Waals surface area contributed by atoms with Crippen molar-refractivity contribution in [3.05, 3.63) is 29.6 Å². The number of carbonyl (C=O) groups is 1. The van der Waals surface area contributed by atoms with E-state index < -0.39 is 6.10 Å². The SMILES string of the molecule is Cc1cccnc1CC(=O)NCC(O)C(C)C. The minimum absolute atomic E-state index is 0.105. The number of carbonyl (C=O) groups excluding carboxylic acids is 1. The topological polar surface area (TPSA) is 62.2 Å². The van der Waals surface area contributed by atoms with Crippen molar-refractivity contribution in [1.82, 2.24) is 10.3 Å². The van der Waals surface area contributed by atoms with Crippen LogP contribution in [-0.4, -0.2) is 28.6 Å². The Morgan fingerprint density at radius 1 is 1.53 bits per heavy atom. The van der Waals surface area contributed by atoms with Crippen molar-refractivity contribution in [3.63, 3.8) is 0 Å². The first-order chi connectivity index (χ1) is 8.00. The summed E-state index contributed by atoms with van der Waals surface area (Å²) < 4.78 is 0. The van der Waals surface area contributed by atoms with Crippen molar-refractivity contribution in [2.45, 2.75) is 33.3 Å². The van der Waals surface area contributed by atoms with Gasteiger partial charge in [-0.15, -0.1) is 0 Å². The molecule has 94 valence electrons. The van der Waals surface area contributed by atoms with Crippen molar-refractivity contribution in [2.75, 3.05) is 6.54 Å². The molecule has 2 N–H and O–H groups in total. The standard InChI is InChI=1S/C13H20N2O2/c1-9(2)12(16)8-15-13(17)7-11-10(3)5-4-6-14-11/h4-6,9,12,16H,7-8H2,1-3H3,(H,15,17). The fourth-order valence-corrected chi connectivity index (χ4v) is 1.37. The average Bonchev–Trinajstić information content (AvgIpc) is 2.29. The summed E-state index contributed by atoms with van der Waals surface area (Å²) in [6.45, 7) is 6.06. The van der Waals surface area contributed by atoms with Gasteiger partial charge in [0.15, 0.2) is 0 Å². The number of hydrogen-bond donors (Lipinski definition) is 2. The van der Waals surface area contributed by atoms with Crippen molar-refractivity contribution in [1.29, 1.82) is 0 Å². The van der Waals surface area contributed by atoms with E-state index in [4.69, 9.17) is 0 Å². The summed E-state index contributed by atoms with van der Waals surface area (Å²) in [5, 5.41) is 12.3. The van der Waals surface area contributed by atoms with E-state index >= 15 is 0 Å². The average molecular weight is 236 g/mol. The molecule has 1 atom stereocenters. The molecular formula is C13H20N2O2. The third-order valence-corrected chi connectivity index (χ3v) is 2.72. The lowest BCUT2D eigenvalue weighted by atomic mass is 10.1. The molecule has 1 unspecified atom stereocenters. The second kappa shape index (κ2) is 6.35. The van der Waals surface area contributed by atoms with E-state index in [1.807, 2.05) is 32.9 Å². The maximum atomic E-state index is 11.6. The highest BCUT2D eigenvalue weighted by Crippen LogP contribution is 2.04. The molecule has 0 saturated carbocycles. The lowest BCUT2D eigenvalue weighted by Crippen LogP contribution is -2.35. The number of rotatable bonds is 5. The molecule has 0 aliphatic rings. The minimum Gasteiger partial charge on any atom is -0.391 e. The van der Waals surface area contributed by atoms with E-state index in [1.54, 1.807) is 6.20 Å². The molecule has 0 saturated heterocycles. The van der Waals surface area contributed by atoms with Gasteiger partial charge in [-0.05, 0) is 24.5 Å². The van der Waals surface area contributed by atoms with Gasteiger partial charge in [-0.25, -0.2) is 0 Å². The van der Waals surface area contributed by atoms with Crippen LogP contribution in [0.1, 0.15) is 25.1 Å². The fraction of sp³-hybridized carbons (Fsp3) is 0.538. The normalized spacial score (nSPS) is 12.5. The quantitative estimate of drug-likeness (QED) is 0.803. The van der Waals surface area contributed by atoms with Gasteiger partial charge < -0.3 is 10.4 Å². The molecule has 0 aromatic carbocycles. The summed E-state index contributed by atoms with van der Waals surface area (Å²) >= 11 is 0. The lowest BCUT2D eigenvalue weighted by molar-refractivity contribution is -0.121. The fourth-order valence-electron chi connectivity index (χ4n) is 1.37. The van der Waals surface area contributed by atoms with Gasteiger partial charge in [0, 0.05) is 12.7 Å². The molecule has 0 fully saturated rings. The third kappa shape index (κ3) is 4.53. The Morgan fingerprint density at radius 3 is 2.82 bits per heavy atom. The zero-order valence-corrected chi connectivity index (χ0v) is 10.6. The summed E-state index contributed by atoms with van der Waals surface area (Å²) in [6.07, 6.45) is 1.44. The van der Waals surface area contributed by atoms with Crippen molar-refractivity contribution >= 4 is 5.91 Å². The maximum Gasteiger partial charge on any atom is 0.226 e. The Kier molecular flexibility index (Phi) is 5.10. The van der Waals surface area contributed by atoms with Crippen molar-refractivity contribution in [2.24, 2.45) is 5.92 Å². The largest absolute Gasteiger partial charge is 0.391 e. The number of aliphatic hydroxyl groups is 1. The molecular weight excluding hydrogens is 216 g/mol. The van der Waals surface area contributed by atoms with E-state index in [0.29, 0.717) is 6.54 Å². The summed E-state index contributed by atoms with van der Waals surface area (Å²) in [5.41, 5.74) is 1.79. The molecule has 0 spiro atoms. The zero-order chi connectivity index (χ0) is 12.8. The summed E-state index contributed by atoms with van der Waals surface area (Å²) in [7, 11) is 0. The second-order valence-corrected chi connectivity index (χ2v) is 4.56. The van der Waals surface area contributed by atoms with Crippen molar-refractivity contribution in [3.8, 4) is 0 Å². The molecule has 0 bridgehead atoms. The Balaban J connectivity index is 2.43. The van der Waals surface area contributed by atoms with E-state index in [1.165, 1.54) is 0 Å². The first-order valence-electron chi connectivity index (χ1n) is 5.86. The number of nitrogens with one attached hydrogen (secondary N) is 1. The molecule has 4 heteroatoms. The molecule has 0 aliphatic carbocycles. The Labute approximate surface area is 102 Å². The van der Waals surface area contributed by atoms with Gasteiger partial charge in [0.05, 0.1) is 18.2 Å². The van der Waals surface area contributed by atoms with Crippen LogP contribution in [-0.2, 0) is 11.2 Å². The van der Waals surface area contributed by atoms with E-state index in [9.17, 15) is 9.90 Å². The molecule has 1 amide bonds. The second-order valence-electron chi connectivity index (χ2n) is 4.56. The molecule has 17 heavy (non-hydrogen) atoms. The number of aryl methyl sites for hydroxylation is 1. The van der Waals surface area contributed by atoms with Crippen LogP contribution < -0.4 is 5.32 Å². The number of hydrogen-bond acceptors (Lipinski definition) is 3. The van der Waals surface area contributed by atoms with Crippen LogP contribution in [0, 0.1) is 12.8 Å². The van der Waals surface area contributed by atoms with E-state index in [2.05, 4.69) is 10.3 Å². The smallest absolute Gasteiger partial charge is 0.226 e. The van der Waals surface area contributed by atoms with E-state index in [-0.39, 0.29) is 18.2 Å². The van der Waals surface area contributed by atoms with Gasteiger partial charge in [-0.1, -0.05) is 19.9 Å². The molecule has 0 radical (unpaired) electrons. The summed E-state index contributed by atoms with van der Waals surface area (Å²) in [5.74, 6) is 0.0402. The molecule has 1 aromatic heterocycles. The lowest BCUT2D eigenvalue weighted by Gasteiger charge is -2.15. The Morgan fingerprint density at radius 2 is 2.24 bits per heavy atom. The van der Waals surface area contributed by atoms with Crippen LogP contribution in [0.3, 0.4) is 0 Å². The number of aromatic nitrogens is 1. The predicted molar refractivity (Wildman–Crippen MR) is 66.5 cm³/mol. The molecule has 1 aromatic rings. The first kappa shape index (κ1) is 13.6. The van der Waals surface area contributed by atoms with E-state index in [0.717, 1.165) is 11.3 Å². The Bertz CT molecular complexity index is 377. The molecule has 1 heterocycles. The molecule has 1 rings (SSSR count). The van der Waals surface area contributed by atoms with Gasteiger partial charge in [0.25, 0.3) is 0 Å². The monoisotopic (exact) mass is 236 g/mol. The number of nitrogens with zero attached hydrogens (tertiary/aromatic N) is 1. The van der Waals surface area contributed by atoms with Gasteiger partial charge >= 0.3 is 0 Å². The van der Waals surface area contributed by atoms with Crippen molar-refractivity contribution < 1.29 is 9.90 Å². The highest BCUT2D eigenvalue weighted by atomic mass is 16.3. The Hall–Kier alpha value is -1.42. The van der Waals surface area contributed by atoms with Gasteiger partial charge in [0.2, 0.25) is 5.91 Å². The zero-order valence-electron chi connectivity index (χ0n) is 10.6. The maximum absolute atomic E-state index is 11.6. The highest BCUT2D eigenvalue weighted by Gasteiger charge is 2.11. The minimum atomic E-state index is -0.497. The van der Waals surface area contributed by atoms with Crippen LogP contribution in [0.4, 0.5) is 0 Å². The molecule has 0 aliphatic heterocycles. The predicted octanol–water partition coefficient (Wildman–Crippen LogP) is 1.07. The highest BCUT2D eigenvalue weighted by molar-refractivity contribution is 5.78. The summed E-state index contributed by atoms with van der Waals surface area (Å²) in [4.78, 5) is 15.8. The van der Waals surface area contributed by atoms with Crippen LogP contribution in [0.15, 0.2) is 18.3 Å². The summed E-state index contributed by atoms with van der Waals surface area (Å²) in [6, 6.07) is 3.78. The first-order valence-corrected chi connectivity index (χ1v) is 5.86. The number of amides is 1.